The van der Waals surface area contributed by atoms with Gasteiger partial charge in [0.15, 0.2) is 0 Å². The second-order valence-electron chi connectivity index (χ2n) is 4.56. The van der Waals surface area contributed by atoms with Crippen LogP contribution in [0, 0.1) is 0 Å². The maximum atomic E-state index is 12.2. The lowest BCUT2D eigenvalue weighted by atomic mass is 10.4. The highest BCUT2D eigenvalue weighted by molar-refractivity contribution is 7.89. The molecule has 21 heavy (non-hydrogen) atoms. The van der Waals surface area contributed by atoms with Crippen LogP contribution in [0.4, 0.5) is 0 Å². The van der Waals surface area contributed by atoms with Crippen molar-refractivity contribution in [1.29, 1.82) is 0 Å². The molecule has 8 heteroatoms. The normalized spacial score (nSPS) is 11.9. The van der Waals surface area contributed by atoms with Crippen molar-refractivity contribution < 1.29 is 13.5 Å². The molecule has 2 heterocycles. The maximum Gasteiger partial charge on any atom is 0.244 e. The first kappa shape index (κ1) is 16.2. The summed E-state index contributed by atoms with van der Waals surface area (Å²) in [6.45, 7) is 2.91. The largest absolute Gasteiger partial charge is 0.396 e. The number of aryl methyl sites for hydroxylation is 2. The highest BCUT2D eigenvalue weighted by Crippen LogP contribution is 2.17. The van der Waals surface area contributed by atoms with E-state index in [2.05, 4.69) is 16.7 Å². The van der Waals surface area contributed by atoms with Gasteiger partial charge >= 0.3 is 0 Å². The van der Waals surface area contributed by atoms with Crippen molar-refractivity contribution in [2.24, 2.45) is 0 Å². The Morgan fingerprint density at radius 1 is 1.38 bits per heavy atom. The second kappa shape index (κ2) is 7.17. The summed E-state index contributed by atoms with van der Waals surface area (Å²) < 4.78 is 28.4. The summed E-state index contributed by atoms with van der Waals surface area (Å²) in [7, 11) is -3.55. The minimum atomic E-state index is -3.55. The van der Waals surface area contributed by atoms with Gasteiger partial charge in [0.05, 0.1) is 6.20 Å². The van der Waals surface area contributed by atoms with Crippen LogP contribution < -0.4 is 4.72 Å². The summed E-state index contributed by atoms with van der Waals surface area (Å²) in [5, 5.41) is 12.7. The molecule has 0 amide bonds. The zero-order chi connectivity index (χ0) is 15.3. The molecule has 2 N–H and O–H groups in total. The summed E-state index contributed by atoms with van der Waals surface area (Å²) in [6, 6.07) is 3.96. The molecule has 6 nitrogen and oxygen atoms in total. The number of aromatic nitrogens is 2. The molecule has 0 saturated carbocycles. The smallest absolute Gasteiger partial charge is 0.244 e. The van der Waals surface area contributed by atoms with Gasteiger partial charge in [-0.25, -0.2) is 13.1 Å². The average molecular weight is 329 g/mol. The Bertz CT molecular complexity index is 676. The lowest BCUT2D eigenvalue weighted by Crippen LogP contribution is -2.22. The predicted molar refractivity (Wildman–Crippen MR) is 81.7 cm³/mol. The van der Waals surface area contributed by atoms with Crippen LogP contribution in [-0.4, -0.2) is 29.9 Å². The number of aliphatic hydroxyl groups excluding tert-OH is 1. The highest BCUT2D eigenvalue weighted by atomic mass is 32.2. The molecule has 2 aromatic heterocycles. The summed E-state index contributed by atoms with van der Waals surface area (Å²) >= 11 is 1.61. The molecule has 2 aromatic rings. The molecule has 0 saturated heterocycles. The Labute approximate surface area is 128 Å². The van der Waals surface area contributed by atoms with E-state index in [1.54, 1.807) is 11.3 Å². The van der Waals surface area contributed by atoms with E-state index >= 15 is 0 Å². The van der Waals surface area contributed by atoms with Crippen molar-refractivity contribution in [2.75, 3.05) is 6.61 Å². The Kier molecular flexibility index (Phi) is 5.51. The third-order valence-electron chi connectivity index (χ3n) is 2.97. The van der Waals surface area contributed by atoms with Crippen molar-refractivity contribution in [1.82, 2.24) is 14.5 Å². The van der Waals surface area contributed by atoms with Crippen LogP contribution >= 0.6 is 11.3 Å². The van der Waals surface area contributed by atoms with E-state index in [0.717, 1.165) is 11.3 Å². The van der Waals surface area contributed by atoms with E-state index in [4.69, 9.17) is 5.11 Å². The van der Waals surface area contributed by atoms with Crippen molar-refractivity contribution >= 4 is 21.4 Å². The molecule has 0 fully saturated rings. The van der Waals surface area contributed by atoms with Gasteiger partial charge in [0.1, 0.15) is 4.90 Å². The molecule has 0 atom stereocenters. The molecule has 0 unspecified atom stereocenters. The minimum Gasteiger partial charge on any atom is -0.396 e. The van der Waals surface area contributed by atoms with Gasteiger partial charge in [-0.15, -0.1) is 11.3 Å². The van der Waals surface area contributed by atoms with Gasteiger partial charge in [-0.05, 0) is 25.0 Å². The molecule has 0 aromatic carbocycles. The van der Waals surface area contributed by atoms with Crippen molar-refractivity contribution in [2.45, 2.75) is 37.8 Å². The minimum absolute atomic E-state index is 0.0539. The summed E-state index contributed by atoms with van der Waals surface area (Å²) in [6.07, 6.45) is 4.30. The van der Waals surface area contributed by atoms with E-state index in [-0.39, 0.29) is 18.0 Å². The summed E-state index contributed by atoms with van der Waals surface area (Å²) in [4.78, 5) is 2.37. The zero-order valence-corrected chi connectivity index (χ0v) is 13.5. The van der Waals surface area contributed by atoms with Gasteiger partial charge in [-0.2, -0.15) is 5.10 Å². The van der Waals surface area contributed by atoms with Crippen LogP contribution in [0.5, 0.6) is 0 Å². The number of hydrogen-bond donors (Lipinski definition) is 2. The van der Waals surface area contributed by atoms with Crippen LogP contribution in [0.25, 0.3) is 0 Å². The van der Waals surface area contributed by atoms with Crippen molar-refractivity contribution in [3.05, 3.63) is 34.3 Å². The molecule has 0 aliphatic heterocycles. The molecule has 0 aliphatic rings. The lowest BCUT2D eigenvalue weighted by molar-refractivity contribution is 0.277. The molecular formula is C13H19N3O3S2. The Morgan fingerprint density at radius 3 is 2.81 bits per heavy atom. The highest BCUT2D eigenvalue weighted by Gasteiger charge is 2.16. The number of aliphatic hydroxyl groups is 1. The monoisotopic (exact) mass is 329 g/mol. The first-order valence-corrected chi connectivity index (χ1v) is 9.05. The average Bonchev–Trinajstić information content (AvgIpc) is 3.12. The molecule has 0 spiro atoms. The number of thiophene rings is 1. The van der Waals surface area contributed by atoms with Crippen LogP contribution in [0.2, 0.25) is 0 Å². The predicted octanol–water partition coefficient (Wildman–Crippen LogP) is 1.37. The number of nitrogens with one attached hydrogen (secondary N) is 1. The Morgan fingerprint density at radius 2 is 2.14 bits per heavy atom. The van der Waals surface area contributed by atoms with Gasteiger partial charge in [0.2, 0.25) is 10.0 Å². The lowest BCUT2D eigenvalue weighted by Gasteiger charge is -2.03. The van der Waals surface area contributed by atoms with E-state index in [1.165, 1.54) is 22.0 Å². The van der Waals surface area contributed by atoms with Gasteiger partial charge in [0, 0.05) is 35.6 Å². The molecule has 0 radical (unpaired) electrons. The van der Waals surface area contributed by atoms with Crippen LogP contribution in [0.1, 0.15) is 23.1 Å². The fraction of sp³-hybridized carbons (Fsp3) is 0.462. The standard InChI is InChI=1S/C13H19N3O3S2/c1-2-11-4-5-12(20-11)8-15-21(18,19)13-9-14-16(10-13)6-3-7-17/h4-5,9-10,15,17H,2-3,6-8H2,1H3. The van der Waals surface area contributed by atoms with E-state index in [9.17, 15) is 8.42 Å². The molecule has 2 rings (SSSR count). The third kappa shape index (κ3) is 4.37. The first-order valence-electron chi connectivity index (χ1n) is 6.75. The maximum absolute atomic E-state index is 12.2. The van der Waals surface area contributed by atoms with Crippen molar-refractivity contribution in [3.63, 3.8) is 0 Å². The van der Waals surface area contributed by atoms with Crippen molar-refractivity contribution in [3.8, 4) is 0 Å². The van der Waals surface area contributed by atoms with E-state index in [0.29, 0.717) is 13.0 Å². The van der Waals surface area contributed by atoms with E-state index < -0.39 is 10.0 Å². The topological polar surface area (TPSA) is 84.2 Å². The summed E-state index contributed by atoms with van der Waals surface area (Å²) in [5.74, 6) is 0. The fourth-order valence-corrected chi connectivity index (χ4v) is 3.74. The van der Waals surface area contributed by atoms with Crippen LogP contribution in [-0.2, 0) is 29.5 Å². The van der Waals surface area contributed by atoms with Gasteiger partial charge in [-0.3, -0.25) is 4.68 Å². The fourth-order valence-electron chi connectivity index (χ4n) is 1.80. The number of nitrogens with zero attached hydrogens (tertiary/aromatic N) is 2. The third-order valence-corrected chi connectivity index (χ3v) is 5.55. The number of rotatable bonds is 8. The molecule has 116 valence electrons. The molecule has 0 aliphatic carbocycles. The van der Waals surface area contributed by atoms with Gasteiger partial charge in [0.25, 0.3) is 0 Å². The second-order valence-corrected chi connectivity index (χ2v) is 7.58. The first-order chi connectivity index (χ1) is 10.0. The molecular weight excluding hydrogens is 310 g/mol. The molecule has 0 bridgehead atoms. The van der Waals surface area contributed by atoms with Gasteiger partial charge < -0.3 is 5.11 Å². The van der Waals surface area contributed by atoms with Crippen LogP contribution in [0.3, 0.4) is 0 Å². The zero-order valence-electron chi connectivity index (χ0n) is 11.8. The number of hydrogen-bond acceptors (Lipinski definition) is 5. The Hall–Kier alpha value is -1.22. The van der Waals surface area contributed by atoms with Gasteiger partial charge in [-0.1, -0.05) is 6.92 Å². The van der Waals surface area contributed by atoms with Crippen LogP contribution in [0.15, 0.2) is 29.4 Å². The summed E-state index contributed by atoms with van der Waals surface area (Å²) in [5.41, 5.74) is 0. The number of sulfonamides is 1. The quantitative estimate of drug-likeness (QED) is 0.766. The SMILES string of the molecule is CCc1ccc(CNS(=O)(=O)c2cnn(CCCO)c2)s1. The van der Waals surface area contributed by atoms with E-state index in [1.807, 2.05) is 12.1 Å². The Balaban J connectivity index is 1.99.